The van der Waals surface area contributed by atoms with Crippen LogP contribution in [0.25, 0.3) is 0 Å². The fraction of sp³-hybridized carbons (Fsp3) is 0.400. The van der Waals surface area contributed by atoms with E-state index in [0.29, 0.717) is 12.1 Å². The third-order valence-corrected chi connectivity index (χ3v) is 3.64. The molecule has 2 N–H and O–H groups in total. The van der Waals surface area contributed by atoms with E-state index < -0.39 is 17.8 Å². The van der Waals surface area contributed by atoms with Gasteiger partial charge in [-0.15, -0.1) is 0 Å². The highest BCUT2D eigenvalue weighted by Crippen LogP contribution is 2.34. The van der Waals surface area contributed by atoms with Crippen LogP contribution >= 0.6 is 0 Å². The molecule has 0 saturated carbocycles. The van der Waals surface area contributed by atoms with Gasteiger partial charge in [-0.2, -0.15) is 0 Å². The van der Waals surface area contributed by atoms with E-state index in [9.17, 15) is 14.7 Å². The first kappa shape index (κ1) is 14.2. The fourth-order valence-electron chi connectivity index (χ4n) is 2.79. The Balaban J connectivity index is 2.18. The monoisotopic (exact) mass is 274 g/mol. The van der Waals surface area contributed by atoms with Crippen molar-refractivity contribution >= 4 is 17.6 Å². The van der Waals surface area contributed by atoms with Crippen LogP contribution in [0.2, 0.25) is 0 Å². The van der Waals surface area contributed by atoms with E-state index in [2.05, 4.69) is 10.3 Å². The third kappa shape index (κ3) is 3.04. The largest absolute Gasteiger partial charge is 0.481 e. The predicted octanol–water partition coefficient (Wildman–Crippen LogP) is 2.32. The number of aliphatic carboxylic acids is 1. The number of rotatable bonds is 3. The molecule has 20 heavy (non-hydrogen) atoms. The zero-order chi connectivity index (χ0) is 14.7. The smallest absolute Gasteiger partial charge is 0.307 e. The number of aromatic nitrogens is 1. The lowest BCUT2D eigenvalue weighted by Gasteiger charge is -2.31. The Morgan fingerprint density at radius 1 is 1.45 bits per heavy atom. The Kier molecular flexibility index (Phi) is 4.17. The summed E-state index contributed by atoms with van der Waals surface area (Å²) in [6.45, 7) is 3.77. The average molecular weight is 274 g/mol. The van der Waals surface area contributed by atoms with Crippen molar-refractivity contribution in [3.05, 3.63) is 36.2 Å². The van der Waals surface area contributed by atoms with Gasteiger partial charge in [-0.25, -0.2) is 0 Å². The van der Waals surface area contributed by atoms with Crippen molar-refractivity contribution in [2.24, 2.45) is 17.8 Å². The Labute approximate surface area is 117 Å². The minimum atomic E-state index is -0.924. The van der Waals surface area contributed by atoms with Gasteiger partial charge in [0.25, 0.3) is 0 Å². The zero-order valence-corrected chi connectivity index (χ0v) is 11.5. The van der Waals surface area contributed by atoms with Crippen molar-refractivity contribution in [1.29, 1.82) is 0 Å². The van der Waals surface area contributed by atoms with Crippen LogP contribution in [0.3, 0.4) is 0 Å². The Bertz CT molecular complexity index is 539. The first-order valence-corrected chi connectivity index (χ1v) is 6.60. The molecule has 1 aliphatic rings. The molecule has 1 amide bonds. The molecule has 3 atom stereocenters. The van der Waals surface area contributed by atoms with E-state index in [1.54, 1.807) is 24.5 Å². The van der Waals surface area contributed by atoms with Gasteiger partial charge in [0, 0.05) is 6.20 Å². The fourth-order valence-corrected chi connectivity index (χ4v) is 2.79. The number of carbonyl (C=O) groups is 2. The first-order valence-electron chi connectivity index (χ1n) is 6.60. The van der Waals surface area contributed by atoms with Gasteiger partial charge in [0.15, 0.2) is 0 Å². The summed E-state index contributed by atoms with van der Waals surface area (Å²) in [7, 11) is 0. The normalized spacial score (nSPS) is 25.7. The van der Waals surface area contributed by atoms with Gasteiger partial charge in [-0.05, 0) is 31.4 Å². The molecule has 0 unspecified atom stereocenters. The lowest BCUT2D eigenvalue weighted by atomic mass is 9.73. The minimum Gasteiger partial charge on any atom is -0.481 e. The topological polar surface area (TPSA) is 79.3 Å². The van der Waals surface area contributed by atoms with Crippen molar-refractivity contribution in [3.8, 4) is 0 Å². The molecule has 0 fully saturated rings. The Morgan fingerprint density at radius 3 is 2.80 bits per heavy atom. The van der Waals surface area contributed by atoms with E-state index in [1.165, 1.54) is 0 Å². The number of carboxylic acids is 1. The Morgan fingerprint density at radius 2 is 2.20 bits per heavy atom. The summed E-state index contributed by atoms with van der Waals surface area (Å²) in [4.78, 5) is 27.7. The molecular formula is C15H18N2O3. The average Bonchev–Trinajstić information content (AvgIpc) is 2.38. The highest BCUT2D eigenvalue weighted by molar-refractivity contribution is 5.95. The summed E-state index contributed by atoms with van der Waals surface area (Å²) in [5.41, 5.74) is 1.64. The standard InChI is InChI=1S/C15H18N2O3/c1-9-6-10(2)13(15(19)20)12(7-9)14(18)17-11-4-3-5-16-8-11/h3-6,8,10,12-13H,7H2,1-2H3,(H,17,18)(H,19,20)/t10-,12-,13+/m0/s1. The van der Waals surface area contributed by atoms with E-state index >= 15 is 0 Å². The van der Waals surface area contributed by atoms with Gasteiger partial charge in [0.05, 0.1) is 23.7 Å². The summed E-state index contributed by atoms with van der Waals surface area (Å²) >= 11 is 0. The third-order valence-electron chi connectivity index (χ3n) is 3.64. The molecule has 1 aromatic heterocycles. The second-order valence-corrected chi connectivity index (χ2v) is 5.28. The van der Waals surface area contributed by atoms with Crippen LogP contribution in [0, 0.1) is 17.8 Å². The molecular weight excluding hydrogens is 256 g/mol. The number of hydrogen-bond acceptors (Lipinski definition) is 3. The molecule has 106 valence electrons. The first-order chi connectivity index (χ1) is 9.49. The summed E-state index contributed by atoms with van der Waals surface area (Å²) in [5, 5.41) is 12.1. The second-order valence-electron chi connectivity index (χ2n) is 5.28. The molecule has 5 heteroatoms. The summed E-state index contributed by atoms with van der Waals surface area (Å²) in [6, 6.07) is 3.45. The highest BCUT2D eigenvalue weighted by Gasteiger charge is 2.39. The number of carboxylic acid groups (broad SMARTS) is 1. The van der Waals surface area contributed by atoms with E-state index in [4.69, 9.17) is 0 Å². The molecule has 0 saturated heterocycles. The maximum absolute atomic E-state index is 12.3. The van der Waals surface area contributed by atoms with Gasteiger partial charge in [-0.1, -0.05) is 18.6 Å². The quantitative estimate of drug-likeness (QED) is 0.829. The van der Waals surface area contributed by atoms with Crippen molar-refractivity contribution < 1.29 is 14.7 Å². The van der Waals surface area contributed by atoms with Crippen LogP contribution in [-0.2, 0) is 9.59 Å². The van der Waals surface area contributed by atoms with Crippen LogP contribution in [0.5, 0.6) is 0 Å². The molecule has 0 aromatic carbocycles. The number of hydrogen-bond donors (Lipinski definition) is 2. The molecule has 1 aromatic rings. The van der Waals surface area contributed by atoms with E-state index in [-0.39, 0.29) is 11.8 Å². The van der Waals surface area contributed by atoms with Gasteiger partial charge >= 0.3 is 5.97 Å². The minimum absolute atomic E-state index is 0.147. The molecule has 0 bridgehead atoms. The zero-order valence-electron chi connectivity index (χ0n) is 11.5. The van der Waals surface area contributed by atoms with Crippen LogP contribution in [0.15, 0.2) is 36.2 Å². The van der Waals surface area contributed by atoms with Crippen LogP contribution in [0.4, 0.5) is 5.69 Å². The second kappa shape index (κ2) is 5.86. The number of amides is 1. The van der Waals surface area contributed by atoms with Crippen LogP contribution in [-0.4, -0.2) is 22.0 Å². The van der Waals surface area contributed by atoms with Gasteiger partial charge in [-0.3, -0.25) is 14.6 Å². The number of carbonyl (C=O) groups excluding carboxylic acids is 1. The van der Waals surface area contributed by atoms with Crippen LogP contribution < -0.4 is 5.32 Å². The van der Waals surface area contributed by atoms with Crippen molar-refractivity contribution in [2.45, 2.75) is 20.3 Å². The van der Waals surface area contributed by atoms with Gasteiger partial charge < -0.3 is 10.4 Å². The summed E-state index contributed by atoms with van der Waals surface area (Å²) in [5.74, 6) is -2.56. The maximum atomic E-state index is 12.3. The summed E-state index contributed by atoms with van der Waals surface area (Å²) < 4.78 is 0. The number of nitrogens with zero attached hydrogens (tertiary/aromatic N) is 1. The van der Waals surface area contributed by atoms with Crippen molar-refractivity contribution in [2.75, 3.05) is 5.32 Å². The molecule has 5 nitrogen and oxygen atoms in total. The number of pyridine rings is 1. The molecule has 0 aliphatic heterocycles. The van der Waals surface area contributed by atoms with Crippen LogP contribution in [0.1, 0.15) is 20.3 Å². The van der Waals surface area contributed by atoms with Gasteiger partial charge in [0.2, 0.25) is 5.91 Å². The van der Waals surface area contributed by atoms with Gasteiger partial charge in [0.1, 0.15) is 0 Å². The molecule has 2 rings (SSSR count). The lowest BCUT2D eigenvalue weighted by Crippen LogP contribution is -2.39. The number of anilines is 1. The number of nitrogens with one attached hydrogen (secondary N) is 1. The van der Waals surface area contributed by atoms with Crippen molar-refractivity contribution in [1.82, 2.24) is 4.98 Å². The molecule has 1 heterocycles. The molecule has 1 aliphatic carbocycles. The summed E-state index contributed by atoms with van der Waals surface area (Å²) in [6.07, 6.45) is 5.58. The highest BCUT2D eigenvalue weighted by atomic mass is 16.4. The molecule has 0 spiro atoms. The van der Waals surface area contributed by atoms with E-state index in [0.717, 1.165) is 5.57 Å². The Hall–Kier alpha value is -2.17. The molecule has 0 radical (unpaired) electrons. The number of allylic oxidation sites excluding steroid dienone is 2. The van der Waals surface area contributed by atoms with Crippen molar-refractivity contribution in [3.63, 3.8) is 0 Å². The SMILES string of the molecule is CC1=C[C@H](C)[C@@H](C(=O)O)[C@@H](C(=O)Nc2cccnc2)C1. The predicted molar refractivity (Wildman–Crippen MR) is 75.0 cm³/mol. The van der Waals surface area contributed by atoms with E-state index in [1.807, 2.05) is 19.9 Å². The maximum Gasteiger partial charge on any atom is 0.307 e. The lowest BCUT2D eigenvalue weighted by molar-refractivity contribution is -0.148.